The molecular formula is C15H22N2O16P2. The molecule has 3 rings (SSSR count). The third-order valence-electron chi connectivity index (χ3n) is 4.94. The Labute approximate surface area is 194 Å². The minimum Gasteiger partial charge on any atom is -0.387 e. The zero-order valence-electron chi connectivity index (χ0n) is 17.6. The van der Waals surface area contributed by atoms with E-state index >= 15 is 0 Å². The van der Waals surface area contributed by atoms with Gasteiger partial charge in [-0.05, 0) is 6.92 Å². The molecule has 3 heterocycles. The maximum absolute atomic E-state index is 12.1. The van der Waals surface area contributed by atoms with Crippen LogP contribution in [0.3, 0.4) is 0 Å². The fraction of sp³-hybridized carbons (Fsp3) is 0.667. The van der Waals surface area contributed by atoms with Crippen molar-refractivity contribution < 1.29 is 67.0 Å². The number of carbonyl (C=O) groups is 1. The minimum atomic E-state index is -5.53. The number of phosphoric acid groups is 2. The Kier molecular flexibility index (Phi) is 8.30. The number of aromatic nitrogens is 2. The fourth-order valence-electron chi connectivity index (χ4n) is 3.19. The van der Waals surface area contributed by atoms with E-state index in [0.717, 1.165) is 23.8 Å². The summed E-state index contributed by atoms with van der Waals surface area (Å²) in [5.41, 5.74) is -1.73. The summed E-state index contributed by atoms with van der Waals surface area (Å²) < 4.78 is 48.0. The average Bonchev–Trinajstić information content (AvgIpc) is 3.02. The van der Waals surface area contributed by atoms with E-state index in [1.54, 1.807) is 0 Å². The quantitative estimate of drug-likeness (QED) is 0.155. The van der Waals surface area contributed by atoms with Gasteiger partial charge < -0.3 is 39.7 Å². The number of nitrogens with one attached hydrogen (secondary N) is 1. The lowest BCUT2D eigenvalue weighted by atomic mass is 10.0. The maximum atomic E-state index is 12.1. The largest absolute Gasteiger partial charge is 0.483 e. The Morgan fingerprint density at radius 3 is 2.31 bits per heavy atom. The highest BCUT2D eigenvalue weighted by atomic mass is 31.3. The standard InChI is InChI=1S/C15H22N2O16P2/c1-5-8(19)10(21)12(23)14(30-5)32-35(27,28)33-34(25,26)29-4-6-9(20)11(22)13(31-6)17-3-2-7(18)16-15(17)24/h2-3,5-6,9-14,20-23H,4H2,1H3,(H,25,26)(H,27,28)(H,16,18,24)/t5-,6+,9-,10+,11-,12+,13-,14+/m0/s1. The van der Waals surface area contributed by atoms with Crippen molar-refractivity contribution in [2.75, 3.05) is 6.61 Å². The zero-order chi connectivity index (χ0) is 26.3. The summed E-state index contributed by atoms with van der Waals surface area (Å²) in [6.07, 6.45) is -13.3. The number of aliphatic hydroxyl groups is 4. The van der Waals surface area contributed by atoms with Gasteiger partial charge >= 0.3 is 21.3 Å². The molecule has 20 heteroatoms. The van der Waals surface area contributed by atoms with Gasteiger partial charge in [0.1, 0.15) is 36.6 Å². The second kappa shape index (κ2) is 10.4. The van der Waals surface area contributed by atoms with Gasteiger partial charge in [0.15, 0.2) is 18.3 Å². The first kappa shape index (κ1) is 27.9. The second-order valence-electron chi connectivity index (χ2n) is 7.47. The van der Waals surface area contributed by atoms with Crippen LogP contribution in [-0.2, 0) is 36.8 Å². The van der Waals surface area contributed by atoms with Crippen LogP contribution in [0.2, 0.25) is 0 Å². The van der Waals surface area contributed by atoms with Crippen molar-refractivity contribution in [3.63, 3.8) is 0 Å². The van der Waals surface area contributed by atoms with E-state index < -0.39 is 88.4 Å². The lowest BCUT2D eigenvalue weighted by molar-refractivity contribution is -0.226. The van der Waals surface area contributed by atoms with E-state index in [1.807, 2.05) is 4.98 Å². The summed E-state index contributed by atoms with van der Waals surface area (Å²) in [4.78, 5) is 56.0. The molecule has 2 saturated heterocycles. The van der Waals surface area contributed by atoms with E-state index in [9.17, 15) is 53.7 Å². The molecule has 0 aliphatic carbocycles. The molecule has 0 spiro atoms. The normalized spacial score (nSPS) is 37.1. The molecule has 0 aromatic carbocycles. The first-order valence-corrected chi connectivity index (χ1v) is 12.7. The third-order valence-corrected chi connectivity index (χ3v) is 7.54. The molecule has 0 saturated carbocycles. The van der Waals surface area contributed by atoms with Gasteiger partial charge in [-0.15, -0.1) is 0 Å². The number of ketones is 1. The molecule has 0 bridgehead atoms. The molecule has 2 aliphatic heterocycles. The Hall–Kier alpha value is -1.63. The highest BCUT2D eigenvalue weighted by Gasteiger charge is 2.48. The predicted octanol–water partition coefficient (Wildman–Crippen LogP) is -3.56. The number of carbonyl (C=O) groups excluding carboxylic acids is 1. The summed E-state index contributed by atoms with van der Waals surface area (Å²) in [5.74, 6) is -0.943. The topological polar surface area (TPSA) is 274 Å². The predicted molar refractivity (Wildman–Crippen MR) is 106 cm³/mol. The molecule has 0 amide bonds. The Morgan fingerprint density at radius 1 is 1.03 bits per heavy atom. The van der Waals surface area contributed by atoms with E-state index in [-0.39, 0.29) is 0 Å². The van der Waals surface area contributed by atoms with E-state index in [1.165, 1.54) is 0 Å². The van der Waals surface area contributed by atoms with Crippen LogP contribution in [0.25, 0.3) is 0 Å². The molecule has 18 nitrogen and oxygen atoms in total. The highest BCUT2D eigenvalue weighted by molar-refractivity contribution is 7.61. The molecule has 2 fully saturated rings. The monoisotopic (exact) mass is 548 g/mol. The van der Waals surface area contributed by atoms with Crippen LogP contribution < -0.4 is 11.2 Å². The highest BCUT2D eigenvalue weighted by Crippen LogP contribution is 2.61. The molecule has 1 aromatic heterocycles. The van der Waals surface area contributed by atoms with Crippen LogP contribution in [0, 0.1) is 0 Å². The first-order valence-electron chi connectivity index (χ1n) is 9.70. The summed E-state index contributed by atoms with van der Waals surface area (Å²) in [7, 11) is -11.0. The van der Waals surface area contributed by atoms with Gasteiger partial charge in [-0.3, -0.25) is 28.2 Å². The molecule has 35 heavy (non-hydrogen) atoms. The number of aromatic amines is 1. The number of hydrogen-bond donors (Lipinski definition) is 7. The van der Waals surface area contributed by atoms with Gasteiger partial charge in [-0.2, -0.15) is 4.31 Å². The number of H-pyrrole nitrogens is 1. The van der Waals surface area contributed by atoms with Crippen LogP contribution in [0.5, 0.6) is 0 Å². The number of hydrogen-bond acceptors (Lipinski definition) is 14. The molecular weight excluding hydrogens is 526 g/mol. The van der Waals surface area contributed by atoms with E-state index in [0.29, 0.717) is 0 Å². The van der Waals surface area contributed by atoms with E-state index in [4.69, 9.17) is 9.47 Å². The number of phosphoric ester groups is 2. The lowest BCUT2D eigenvalue weighted by Crippen LogP contribution is -2.54. The number of rotatable bonds is 8. The van der Waals surface area contributed by atoms with Gasteiger partial charge in [0.2, 0.25) is 0 Å². The second-order valence-corrected chi connectivity index (χ2v) is 10.5. The van der Waals surface area contributed by atoms with Crippen molar-refractivity contribution in [2.45, 2.75) is 56.1 Å². The fourth-order valence-corrected chi connectivity index (χ4v) is 5.35. The third kappa shape index (κ3) is 6.39. The summed E-state index contributed by atoms with van der Waals surface area (Å²) in [5, 5.41) is 39.6. The molecule has 2 unspecified atom stereocenters. The Balaban J connectivity index is 1.61. The molecule has 10 atom stereocenters. The molecule has 198 valence electrons. The minimum absolute atomic E-state index is 0.732. The summed E-state index contributed by atoms with van der Waals surface area (Å²) in [6.45, 7) is 0.139. The van der Waals surface area contributed by atoms with Gasteiger partial charge in [-0.25, -0.2) is 13.9 Å². The number of Topliss-reactive ketones (excluding diaryl/α,β-unsaturated/α-hetero) is 1. The SMILES string of the molecule is C[C@@H]1O[C@H](OP(=O)(O)OP(=O)(O)OC[C@H]2O[C@H](n3ccc(=O)[nH]c3=O)[C@@H](O)[C@H]2O)[C@H](O)[C@H](O)C1=O. The van der Waals surface area contributed by atoms with Gasteiger partial charge in [0.05, 0.1) is 6.61 Å². The maximum Gasteiger partial charge on any atom is 0.483 e. The number of aliphatic hydroxyl groups excluding tert-OH is 4. The van der Waals surface area contributed by atoms with Crippen LogP contribution in [-0.4, -0.2) is 95.1 Å². The van der Waals surface area contributed by atoms with Gasteiger partial charge in [-0.1, -0.05) is 0 Å². The lowest BCUT2D eigenvalue weighted by Gasteiger charge is -2.34. The molecule has 1 aromatic rings. The molecule has 2 aliphatic rings. The van der Waals surface area contributed by atoms with Crippen LogP contribution in [0.4, 0.5) is 0 Å². The number of ether oxygens (including phenoxy) is 2. The van der Waals surface area contributed by atoms with Crippen molar-refractivity contribution >= 4 is 21.4 Å². The van der Waals surface area contributed by atoms with E-state index in [2.05, 4.69) is 13.4 Å². The van der Waals surface area contributed by atoms with Crippen molar-refractivity contribution in [2.24, 2.45) is 0 Å². The Morgan fingerprint density at radius 2 is 1.69 bits per heavy atom. The van der Waals surface area contributed by atoms with Gasteiger partial charge in [0, 0.05) is 12.3 Å². The Bertz CT molecular complexity index is 1150. The zero-order valence-corrected chi connectivity index (χ0v) is 19.4. The van der Waals surface area contributed by atoms with Crippen LogP contribution >= 0.6 is 15.6 Å². The molecule has 0 radical (unpaired) electrons. The first-order chi connectivity index (χ1) is 16.1. The van der Waals surface area contributed by atoms with Crippen LogP contribution in [0.15, 0.2) is 21.9 Å². The van der Waals surface area contributed by atoms with Gasteiger partial charge in [0.25, 0.3) is 5.56 Å². The average molecular weight is 548 g/mol. The van der Waals surface area contributed by atoms with Crippen molar-refractivity contribution in [1.82, 2.24) is 9.55 Å². The van der Waals surface area contributed by atoms with Crippen LogP contribution in [0.1, 0.15) is 13.2 Å². The summed E-state index contributed by atoms with van der Waals surface area (Å²) >= 11 is 0. The summed E-state index contributed by atoms with van der Waals surface area (Å²) in [6, 6.07) is 0.935. The smallest absolute Gasteiger partial charge is 0.387 e. The van der Waals surface area contributed by atoms with Crippen molar-refractivity contribution in [3.05, 3.63) is 33.1 Å². The van der Waals surface area contributed by atoms with Crippen molar-refractivity contribution in [3.8, 4) is 0 Å². The molecule has 7 N–H and O–H groups in total. The van der Waals surface area contributed by atoms with Crippen molar-refractivity contribution in [1.29, 1.82) is 0 Å². The number of nitrogens with zero attached hydrogens (tertiary/aromatic N) is 1.